The topological polar surface area (TPSA) is 84.9 Å². The summed E-state index contributed by atoms with van der Waals surface area (Å²) in [7, 11) is 1.47. The average Bonchev–Trinajstić information content (AvgIpc) is 2.72. The molecule has 0 radical (unpaired) electrons. The molecule has 9 heteroatoms. The summed E-state index contributed by atoms with van der Waals surface area (Å²) >= 11 is 5.43. The second-order valence-electron chi connectivity index (χ2n) is 6.42. The van der Waals surface area contributed by atoms with Crippen molar-refractivity contribution in [3.05, 3.63) is 55.1 Å². The van der Waals surface area contributed by atoms with Gasteiger partial charge < -0.3 is 9.47 Å². The number of imide groups is 2. The number of barbiturate groups is 1. The van der Waals surface area contributed by atoms with Crippen molar-refractivity contribution in [2.24, 2.45) is 0 Å². The van der Waals surface area contributed by atoms with Crippen LogP contribution in [-0.2, 0) is 9.59 Å². The number of urea groups is 1. The van der Waals surface area contributed by atoms with Gasteiger partial charge in [-0.2, -0.15) is 0 Å². The fourth-order valence-electron chi connectivity index (χ4n) is 2.90. The third kappa shape index (κ3) is 4.75. The lowest BCUT2D eigenvalue weighted by Crippen LogP contribution is -2.54. The molecule has 4 amide bonds. The van der Waals surface area contributed by atoms with Crippen LogP contribution in [-0.4, -0.2) is 31.6 Å². The van der Waals surface area contributed by atoms with Crippen LogP contribution in [0.4, 0.5) is 10.5 Å². The van der Waals surface area contributed by atoms with Crippen molar-refractivity contribution in [3.8, 4) is 23.8 Å². The summed E-state index contributed by atoms with van der Waals surface area (Å²) in [5.74, 6) is 1.75. The Morgan fingerprint density at radius 2 is 2.00 bits per heavy atom. The van der Waals surface area contributed by atoms with Gasteiger partial charge in [0.15, 0.2) is 11.5 Å². The second kappa shape index (κ2) is 9.53. The lowest BCUT2D eigenvalue weighted by atomic mass is 10.1. The summed E-state index contributed by atoms with van der Waals surface area (Å²) in [4.78, 5) is 38.8. The van der Waals surface area contributed by atoms with Gasteiger partial charge in [0.2, 0.25) is 0 Å². The van der Waals surface area contributed by atoms with Gasteiger partial charge in [0, 0.05) is 4.47 Å². The van der Waals surface area contributed by atoms with E-state index in [1.807, 2.05) is 29.5 Å². The van der Waals surface area contributed by atoms with Gasteiger partial charge in [-0.25, -0.2) is 9.69 Å². The first-order valence-electron chi connectivity index (χ1n) is 8.88. The molecule has 0 spiro atoms. The van der Waals surface area contributed by atoms with E-state index in [-0.39, 0.29) is 12.2 Å². The molecule has 0 aromatic heterocycles. The van der Waals surface area contributed by atoms with Gasteiger partial charge in [-0.15, -0.1) is 6.42 Å². The molecule has 0 aliphatic carbocycles. The van der Waals surface area contributed by atoms with Crippen molar-refractivity contribution in [3.63, 3.8) is 0 Å². The van der Waals surface area contributed by atoms with E-state index in [2.05, 4.69) is 27.2 Å². The van der Waals surface area contributed by atoms with E-state index in [0.29, 0.717) is 26.3 Å². The van der Waals surface area contributed by atoms with Crippen LogP contribution in [0.15, 0.2) is 40.4 Å². The van der Waals surface area contributed by atoms with E-state index in [0.717, 1.165) is 14.9 Å². The number of terminal acetylenes is 1. The molecule has 3 rings (SSSR count). The number of aryl methyl sites for hydroxylation is 1. The molecule has 31 heavy (non-hydrogen) atoms. The zero-order valence-electron chi connectivity index (χ0n) is 16.5. The molecule has 1 aliphatic rings. The fourth-order valence-corrected chi connectivity index (χ4v) is 3.93. The molecule has 2 aromatic rings. The van der Waals surface area contributed by atoms with Crippen LogP contribution in [0.25, 0.3) is 6.08 Å². The number of anilines is 1. The number of carbonyl (C=O) groups excluding carboxylic acids is 3. The van der Waals surface area contributed by atoms with Crippen LogP contribution in [0.1, 0.15) is 11.1 Å². The molecule has 0 bridgehead atoms. The van der Waals surface area contributed by atoms with Crippen molar-refractivity contribution in [1.29, 1.82) is 0 Å². The minimum Gasteiger partial charge on any atom is -0.493 e. The zero-order chi connectivity index (χ0) is 22.7. The Kier molecular flexibility index (Phi) is 7.02. The lowest BCUT2D eigenvalue weighted by Gasteiger charge is -2.26. The SMILES string of the molecule is C#CCOc1c(I)cc(/C=C2\C(=O)NC(=O)N(c3ccc(Br)c(C)c3)C2=O)cc1OC. The zero-order valence-corrected chi connectivity index (χ0v) is 20.2. The Morgan fingerprint density at radius 1 is 1.26 bits per heavy atom. The van der Waals surface area contributed by atoms with Crippen molar-refractivity contribution in [2.75, 3.05) is 18.6 Å². The molecule has 0 unspecified atom stereocenters. The Bertz CT molecular complexity index is 1170. The van der Waals surface area contributed by atoms with E-state index in [1.54, 1.807) is 30.3 Å². The molecule has 0 saturated carbocycles. The summed E-state index contributed by atoms with van der Waals surface area (Å²) in [5, 5.41) is 2.21. The third-order valence-corrected chi connectivity index (χ3v) is 6.06. The van der Waals surface area contributed by atoms with Gasteiger partial charge in [-0.1, -0.05) is 21.9 Å². The van der Waals surface area contributed by atoms with E-state index < -0.39 is 17.8 Å². The number of hydrogen-bond donors (Lipinski definition) is 1. The molecule has 158 valence electrons. The van der Waals surface area contributed by atoms with Crippen molar-refractivity contribution >= 4 is 68.1 Å². The monoisotopic (exact) mass is 594 g/mol. The van der Waals surface area contributed by atoms with Crippen LogP contribution < -0.4 is 19.7 Å². The van der Waals surface area contributed by atoms with Crippen LogP contribution in [0.2, 0.25) is 0 Å². The number of benzene rings is 2. The minimum atomic E-state index is -0.806. The highest BCUT2D eigenvalue weighted by atomic mass is 127. The maximum atomic E-state index is 13.1. The summed E-state index contributed by atoms with van der Waals surface area (Å²) in [6.45, 7) is 1.90. The van der Waals surface area contributed by atoms with Gasteiger partial charge >= 0.3 is 6.03 Å². The highest BCUT2D eigenvalue weighted by molar-refractivity contribution is 14.1. The van der Waals surface area contributed by atoms with Gasteiger partial charge in [0.25, 0.3) is 11.8 Å². The first kappa shape index (κ1) is 22.8. The summed E-state index contributed by atoms with van der Waals surface area (Å²) in [6.07, 6.45) is 6.65. The number of amides is 4. The van der Waals surface area contributed by atoms with Crippen LogP contribution in [0.3, 0.4) is 0 Å². The minimum absolute atomic E-state index is 0.0668. The second-order valence-corrected chi connectivity index (χ2v) is 8.43. The van der Waals surface area contributed by atoms with Gasteiger partial charge in [0.1, 0.15) is 12.2 Å². The van der Waals surface area contributed by atoms with Gasteiger partial charge in [-0.05, 0) is 77.0 Å². The van der Waals surface area contributed by atoms with Crippen molar-refractivity contribution in [1.82, 2.24) is 5.32 Å². The van der Waals surface area contributed by atoms with Gasteiger partial charge in [0.05, 0.1) is 16.4 Å². The number of nitrogens with zero attached hydrogens (tertiary/aromatic N) is 1. The summed E-state index contributed by atoms with van der Waals surface area (Å²) < 4.78 is 12.4. The van der Waals surface area contributed by atoms with E-state index in [9.17, 15) is 14.4 Å². The highest BCUT2D eigenvalue weighted by Gasteiger charge is 2.37. The molecular formula is C22H16BrIN2O5. The smallest absolute Gasteiger partial charge is 0.335 e. The van der Waals surface area contributed by atoms with Crippen molar-refractivity contribution < 1.29 is 23.9 Å². The number of hydrogen-bond acceptors (Lipinski definition) is 5. The largest absolute Gasteiger partial charge is 0.493 e. The maximum Gasteiger partial charge on any atom is 0.335 e. The normalized spacial score (nSPS) is 15.0. The molecular weight excluding hydrogens is 579 g/mol. The number of halogens is 2. The third-order valence-electron chi connectivity index (χ3n) is 4.36. The average molecular weight is 595 g/mol. The Balaban J connectivity index is 2.03. The quantitative estimate of drug-likeness (QED) is 0.244. The number of methoxy groups -OCH3 is 1. The van der Waals surface area contributed by atoms with Crippen LogP contribution in [0, 0.1) is 22.8 Å². The Labute approximate surface area is 201 Å². The molecule has 2 aromatic carbocycles. The highest BCUT2D eigenvalue weighted by Crippen LogP contribution is 2.35. The Hall–Kier alpha value is -2.84. The number of carbonyl (C=O) groups is 3. The molecule has 1 N–H and O–H groups in total. The Morgan fingerprint density at radius 3 is 2.65 bits per heavy atom. The van der Waals surface area contributed by atoms with E-state index >= 15 is 0 Å². The maximum absolute atomic E-state index is 13.1. The van der Waals surface area contributed by atoms with E-state index in [1.165, 1.54) is 13.2 Å². The first-order chi connectivity index (χ1) is 14.8. The predicted molar refractivity (Wildman–Crippen MR) is 128 cm³/mol. The molecule has 1 heterocycles. The van der Waals surface area contributed by atoms with E-state index in [4.69, 9.17) is 15.9 Å². The standard InChI is InChI=1S/C22H16BrIN2O5/c1-4-7-31-19-17(24)10-13(11-18(19)30-3)9-15-20(27)25-22(29)26(21(15)28)14-5-6-16(23)12(2)8-14/h1,5-6,8-11H,7H2,2-3H3,(H,25,27,29)/b15-9+. The first-order valence-corrected chi connectivity index (χ1v) is 10.8. The number of nitrogens with one attached hydrogen (secondary N) is 1. The molecule has 1 fully saturated rings. The van der Waals surface area contributed by atoms with Crippen molar-refractivity contribution in [2.45, 2.75) is 6.92 Å². The molecule has 1 saturated heterocycles. The number of ether oxygens (including phenoxy) is 2. The summed E-state index contributed by atoms with van der Waals surface area (Å²) in [5.41, 5.74) is 1.53. The predicted octanol–water partition coefficient (Wildman–Crippen LogP) is 4.05. The molecule has 7 nitrogen and oxygen atoms in total. The van der Waals surface area contributed by atoms with Crippen LogP contribution >= 0.6 is 38.5 Å². The lowest BCUT2D eigenvalue weighted by molar-refractivity contribution is -0.122. The number of rotatable bonds is 5. The molecule has 0 atom stereocenters. The van der Waals surface area contributed by atoms with Gasteiger partial charge in [-0.3, -0.25) is 14.9 Å². The fraction of sp³-hybridized carbons (Fsp3) is 0.136. The summed E-state index contributed by atoms with van der Waals surface area (Å²) in [6, 6.07) is 7.55. The molecule has 1 aliphatic heterocycles. The van der Waals surface area contributed by atoms with Crippen LogP contribution in [0.5, 0.6) is 11.5 Å².